The molecule has 0 aromatic carbocycles. The van der Waals surface area contributed by atoms with Crippen molar-refractivity contribution in [2.24, 2.45) is 17.8 Å². The second-order valence-electron chi connectivity index (χ2n) is 3.90. The summed E-state index contributed by atoms with van der Waals surface area (Å²) in [4.78, 5) is 22.6. The number of rotatable bonds is 0. The van der Waals surface area contributed by atoms with Gasteiger partial charge in [-0.15, -0.1) is 0 Å². The van der Waals surface area contributed by atoms with Gasteiger partial charge in [-0.2, -0.15) is 0 Å². The van der Waals surface area contributed by atoms with Crippen molar-refractivity contribution in [2.75, 3.05) is 0 Å². The Hall–Kier alpha value is -1.12. The molecular weight excluding hydrogens is 168 g/mol. The lowest BCUT2D eigenvalue weighted by Gasteiger charge is -2.24. The zero-order valence-electron chi connectivity index (χ0n) is 7.74. The fraction of sp³-hybridized carbons (Fsp3) is 0.600. The minimum atomic E-state index is -0.365. The Labute approximate surface area is 76.8 Å². The third-order valence-corrected chi connectivity index (χ3v) is 3.00. The van der Waals surface area contributed by atoms with E-state index in [4.69, 9.17) is 0 Å². The van der Waals surface area contributed by atoms with Crippen LogP contribution in [0.25, 0.3) is 0 Å². The van der Waals surface area contributed by atoms with Crippen molar-refractivity contribution in [3.8, 4) is 0 Å². The van der Waals surface area contributed by atoms with Crippen molar-refractivity contribution >= 4 is 11.9 Å². The van der Waals surface area contributed by atoms with Crippen molar-refractivity contribution in [1.82, 2.24) is 0 Å². The molecule has 0 radical (unpaired) electrons. The summed E-state index contributed by atoms with van der Waals surface area (Å²) in [6, 6.07) is 0. The smallest absolute Gasteiger partial charge is 0.321 e. The summed E-state index contributed by atoms with van der Waals surface area (Å²) in [7, 11) is 0. The van der Waals surface area contributed by atoms with Gasteiger partial charge in [-0.1, -0.05) is 18.6 Å². The van der Waals surface area contributed by atoms with Gasteiger partial charge in [-0.3, -0.25) is 9.59 Å². The SMILES string of the molecule is CC1=CCC(C)C2C(=O)OC(=O)C12. The van der Waals surface area contributed by atoms with Crippen LogP contribution in [0.15, 0.2) is 11.6 Å². The Morgan fingerprint density at radius 1 is 1.38 bits per heavy atom. The molecule has 0 amide bonds. The van der Waals surface area contributed by atoms with Gasteiger partial charge < -0.3 is 4.74 Å². The molecule has 3 heteroatoms. The van der Waals surface area contributed by atoms with Crippen molar-refractivity contribution in [2.45, 2.75) is 20.3 Å². The summed E-state index contributed by atoms with van der Waals surface area (Å²) < 4.78 is 4.63. The zero-order valence-corrected chi connectivity index (χ0v) is 7.74. The predicted molar refractivity (Wildman–Crippen MR) is 45.6 cm³/mol. The summed E-state index contributed by atoms with van der Waals surface area (Å²) in [5, 5.41) is 0. The van der Waals surface area contributed by atoms with Gasteiger partial charge >= 0.3 is 11.9 Å². The molecule has 0 spiro atoms. The molecule has 1 aliphatic carbocycles. The van der Waals surface area contributed by atoms with Gasteiger partial charge in [0.05, 0.1) is 11.8 Å². The van der Waals surface area contributed by atoms with Gasteiger partial charge in [0.15, 0.2) is 0 Å². The largest absolute Gasteiger partial charge is 0.392 e. The lowest BCUT2D eigenvalue weighted by atomic mass is 9.74. The van der Waals surface area contributed by atoms with Crippen molar-refractivity contribution in [1.29, 1.82) is 0 Å². The molecular formula is C10H12O3. The second kappa shape index (κ2) is 2.69. The van der Waals surface area contributed by atoms with Crippen molar-refractivity contribution < 1.29 is 14.3 Å². The Morgan fingerprint density at radius 2 is 2.08 bits per heavy atom. The molecule has 13 heavy (non-hydrogen) atoms. The highest BCUT2D eigenvalue weighted by Gasteiger charge is 2.48. The molecule has 70 valence electrons. The standard InChI is InChI=1S/C10H12O3/c1-5-3-4-6(2)8-7(5)9(11)13-10(8)12/h3,6-8H,4H2,1-2H3. The number of cyclic esters (lactones) is 2. The highest BCUT2D eigenvalue weighted by Crippen LogP contribution is 2.40. The predicted octanol–water partition coefficient (Wildman–Crippen LogP) is 1.29. The van der Waals surface area contributed by atoms with Gasteiger partial charge in [0, 0.05) is 0 Å². The average molecular weight is 180 g/mol. The number of allylic oxidation sites excluding steroid dienone is 1. The average Bonchev–Trinajstić information content (AvgIpc) is 2.36. The van der Waals surface area contributed by atoms with E-state index >= 15 is 0 Å². The van der Waals surface area contributed by atoms with Crippen LogP contribution in [0.3, 0.4) is 0 Å². The lowest BCUT2D eigenvalue weighted by Crippen LogP contribution is -2.28. The zero-order chi connectivity index (χ0) is 9.59. The van der Waals surface area contributed by atoms with Crippen LogP contribution in [-0.2, 0) is 14.3 Å². The van der Waals surface area contributed by atoms with E-state index in [1.165, 1.54) is 0 Å². The summed E-state index contributed by atoms with van der Waals surface area (Å²) in [5.74, 6) is -0.994. The first-order valence-corrected chi connectivity index (χ1v) is 4.53. The number of ether oxygens (including phenoxy) is 1. The molecule has 2 aliphatic rings. The number of fused-ring (bicyclic) bond motifs is 1. The molecule has 0 N–H and O–H groups in total. The quantitative estimate of drug-likeness (QED) is 0.320. The van der Waals surface area contributed by atoms with E-state index in [1.54, 1.807) is 0 Å². The molecule has 0 aromatic rings. The summed E-state index contributed by atoms with van der Waals surface area (Å²) in [6.07, 6.45) is 2.90. The molecule has 3 atom stereocenters. The molecule has 1 saturated heterocycles. The number of carbonyl (C=O) groups is 2. The van der Waals surface area contributed by atoms with Crippen LogP contribution in [0.5, 0.6) is 0 Å². The molecule has 0 bridgehead atoms. The topological polar surface area (TPSA) is 43.4 Å². The van der Waals surface area contributed by atoms with Gasteiger partial charge in [0.25, 0.3) is 0 Å². The first-order valence-electron chi connectivity index (χ1n) is 4.53. The molecule has 3 unspecified atom stereocenters. The molecule has 2 rings (SSSR count). The summed E-state index contributed by atoms with van der Waals surface area (Å²) in [6.45, 7) is 3.88. The van der Waals surface area contributed by atoms with E-state index in [-0.39, 0.29) is 29.7 Å². The van der Waals surface area contributed by atoms with Gasteiger partial charge in [0.2, 0.25) is 0 Å². The highest BCUT2D eigenvalue weighted by atomic mass is 16.6. The number of hydrogen-bond donors (Lipinski definition) is 0. The van der Waals surface area contributed by atoms with E-state index in [1.807, 2.05) is 19.9 Å². The summed E-state index contributed by atoms with van der Waals surface area (Å²) >= 11 is 0. The fourth-order valence-electron chi connectivity index (χ4n) is 2.19. The Balaban J connectivity index is 2.40. The third-order valence-electron chi connectivity index (χ3n) is 3.00. The number of hydrogen-bond acceptors (Lipinski definition) is 3. The maximum absolute atomic E-state index is 11.3. The van der Waals surface area contributed by atoms with Crippen LogP contribution in [0, 0.1) is 17.8 Å². The highest BCUT2D eigenvalue weighted by molar-refractivity contribution is 5.98. The van der Waals surface area contributed by atoms with Crippen LogP contribution >= 0.6 is 0 Å². The molecule has 1 fully saturated rings. The molecule has 3 nitrogen and oxygen atoms in total. The van der Waals surface area contributed by atoms with Crippen LogP contribution in [0.2, 0.25) is 0 Å². The normalized spacial score (nSPS) is 38.3. The monoisotopic (exact) mass is 180 g/mol. The van der Waals surface area contributed by atoms with E-state index in [2.05, 4.69) is 4.74 Å². The number of esters is 2. The molecule has 0 saturated carbocycles. The Kier molecular flexibility index (Phi) is 1.75. The lowest BCUT2D eigenvalue weighted by molar-refractivity contribution is -0.153. The molecule has 1 aliphatic heterocycles. The van der Waals surface area contributed by atoms with E-state index in [0.717, 1.165) is 12.0 Å². The maximum atomic E-state index is 11.3. The molecule has 0 aromatic heterocycles. The van der Waals surface area contributed by atoms with Crippen LogP contribution in [0.1, 0.15) is 20.3 Å². The summed E-state index contributed by atoms with van der Waals surface area (Å²) in [5.41, 5.74) is 0.985. The van der Waals surface area contributed by atoms with Crippen molar-refractivity contribution in [3.05, 3.63) is 11.6 Å². The second-order valence-corrected chi connectivity index (χ2v) is 3.90. The van der Waals surface area contributed by atoms with E-state index in [0.29, 0.717) is 0 Å². The third kappa shape index (κ3) is 1.10. The van der Waals surface area contributed by atoms with E-state index in [9.17, 15) is 9.59 Å². The van der Waals surface area contributed by atoms with Gasteiger partial charge in [0.1, 0.15) is 0 Å². The first kappa shape index (κ1) is 8.48. The van der Waals surface area contributed by atoms with E-state index < -0.39 is 0 Å². The number of carbonyl (C=O) groups excluding carboxylic acids is 2. The fourth-order valence-corrected chi connectivity index (χ4v) is 2.19. The van der Waals surface area contributed by atoms with Gasteiger partial charge in [-0.25, -0.2) is 0 Å². The maximum Gasteiger partial charge on any atom is 0.321 e. The van der Waals surface area contributed by atoms with Gasteiger partial charge in [-0.05, 0) is 19.3 Å². The first-order chi connectivity index (χ1) is 6.11. The van der Waals surface area contributed by atoms with Crippen LogP contribution in [0.4, 0.5) is 0 Å². The Morgan fingerprint density at radius 3 is 2.69 bits per heavy atom. The van der Waals surface area contributed by atoms with Crippen molar-refractivity contribution in [3.63, 3.8) is 0 Å². The van der Waals surface area contributed by atoms with Crippen LogP contribution in [-0.4, -0.2) is 11.9 Å². The van der Waals surface area contributed by atoms with Crippen LogP contribution < -0.4 is 0 Å². The minimum Gasteiger partial charge on any atom is -0.392 e. The minimum absolute atomic E-state index is 0.225. The Bertz CT molecular complexity index is 303. The molecule has 1 heterocycles.